The van der Waals surface area contributed by atoms with Crippen molar-refractivity contribution in [3.8, 4) is 51.7 Å². The maximum absolute atomic E-state index is 13.9. The maximum Gasteiger partial charge on any atom is 0.200 e. The van der Waals surface area contributed by atoms with E-state index in [1.54, 1.807) is 18.2 Å². The number of rotatable bonds is 16. The van der Waals surface area contributed by atoms with E-state index in [4.69, 9.17) is 9.47 Å². The fourth-order valence-corrected chi connectivity index (χ4v) is 6.46. The molecule has 0 heterocycles. The Balaban J connectivity index is 2.01. The predicted octanol–water partition coefficient (Wildman–Crippen LogP) is 5.72. The highest BCUT2D eigenvalue weighted by Gasteiger charge is 2.32. The first-order valence-corrected chi connectivity index (χ1v) is 16.3. The fourth-order valence-electron chi connectivity index (χ4n) is 6.46. The van der Waals surface area contributed by atoms with Crippen molar-refractivity contribution in [3.63, 3.8) is 0 Å². The highest BCUT2D eigenvalue weighted by molar-refractivity contribution is 6.13. The van der Waals surface area contributed by atoms with Crippen LogP contribution in [-0.4, -0.2) is 68.3 Å². The molecule has 0 saturated carbocycles. The van der Waals surface area contributed by atoms with Gasteiger partial charge < -0.3 is 54.8 Å². The van der Waals surface area contributed by atoms with Crippen molar-refractivity contribution in [2.75, 3.05) is 14.2 Å². The zero-order valence-electron chi connectivity index (χ0n) is 28.9. The van der Waals surface area contributed by atoms with Gasteiger partial charge in [-0.25, -0.2) is 0 Å². The molecule has 4 aromatic carbocycles. The normalized spacial score (nSPS) is 11.0. The average Bonchev–Trinajstić information content (AvgIpc) is 3.12. The molecule has 0 aliphatic carbocycles. The first kappa shape index (κ1) is 37.9. The molecule has 0 spiro atoms. The largest absolute Gasteiger partial charge is 0.507 e. The second-order valence-corrected chi connectivity index (χ2v) is 12.2. The second-order valence-electron chi connectivity index (χ2n) is 12.2. The molecular formula is C39H42O12. The van der Waals surface area contributed by atoms with Gasteiger partial charge in [0.2, 0.25) is 5.78 Å². The van der Waals surface area contributed by atoms with Crippen LogP contribution < -0.4 is 9.47 Å². The van der Waals surface area contributed by atoms with Crippen LogP contribution in [0.4, 0.5) is 0 Å². The summed E-state index contributed by atoms with van der Waals surface area (Å²) in [5, 5.41) is 80.3. The average molecular weight is 703 g/mol. The molecule has 7 N–H and O–H groups in total. The molecule has 0 fully saturated rings. The van der Waals surface area contributed by atoms with Crippen molar-refractivity contribution in [3.05, 3.63) is 86.0 Å². The van der Waals surface area contributed by atoms with Crippen LogP contribution in [0.2, 0.25) is 0 Å². The lowest BCUT2D eigenvalue weighted by Gasteiger charge is -2.23. The molecule has 0 radical (unpaired) electrons. The van der Waals surface area contributed by atoms with E-state index in [1.165, 1.54) is 40.2 Å². The molecule has 0 amide bonds. The Morgan fingerprint density at radius 2 is 0.941 bits per heavy atom. The lowest BCUT2D eigenvalue weighted by molar-refractivity contribution is -0.108. The van der Waals surface area contributed by atoms with E-state index in [2.05, 4.69) is 0 Å². The standard InChI is InChI=1S/C39H42O12/c1-20-30(42)25(33(45)23(38(20)50-3)14-8-10-16-40)18-27-35(47)28(37(49)29(36(27)48)32(44)22-12-6-5-7-13-22)19-26-31(43)21(2)39(51-4)24(34(26)46)15-9-11-17-41/h5-7,12-13,16-17,42-43,45-49H,8-11,14-15,18-19H2,1-4H3. The van der Waals surface area contributed by atoms with Gasteiger partial charge in [-0.3, -0.25) is 4.79 Å². The zero-order valence-corrected chi connectivity index (χ0v) is 28.9. The number of benzene rings is 4. The number of ketones is 1. The van der Waals surface area contributed by atoms with E-state index in [0.717, 1.165) is 12.6 Å². The smallest absolute Gasteiger partial charge is 0.200 e. The number of carbonyl (C=O) groups excluding carboxylic acids is 3. The number of hydrogen-bond acceptors (Lipinski definition) is 12. The van der Waals surface area contributed by atoms with Gasteiger partial charge >= 0.3 is 0 Å². The highest BCUT2D eigenvalue weighted by atomic mass is 16.5. The molecule has 4 aromatic rings. The third kappa shape index (κ3) is 7.21. The van der Waals surface area contributed by atoms with Crippen molar-refractivity contribution in [1.82, 2.24) is 0 Å². The molecule has 51 heavy (non-hydrogen) atoms. The quantitative estimate of drug-likeness (QED) is 0.0425. The minimum atomic E-state index is -0.828. The van der Waals surface area contributed by atoms with E-state index in [-0.39, 0.29) is 87.3 Å². The van der Waals surface area contributed by atoms with Gasteiger partial charge in [0.25, 0.3) is 0 Å². The van der Waals surface area contributed by atoms with Gasteiger partial charge in [0, 0.05) is 75.8 Å². The van der Waals surface area contributed by atoms with Crippen LogP contribution in [0.5, 0.6) is 51.7 Å². The summed E-state index contributed by atoms with van der Waals surface area (Å²) in [5.41, 5.74) is -0.504. The van der Waals surface area contributed by atoms with Gasteiger partial charge in [0.1, 0.15) is 69.9 Å². The Labute approximate surface area is 294 Å². The van der Waals surface area contributed by atoms with Crippen LogP contribution in [-0.2, 0) is 35.3 Å². The number of unbranched alkanes of at least 4 members (excludes halogenated alkanes) is 2. The number of phenolic OH excluding ortho intramolecular Hbond substituents is 7. The first-order valence-electron chi connectivity index (χ1n) is 16.3. The highest BCUT2D eigenvalue weighted by Crippen LogP contribution is 2.51. The Hall–Kier alpha value is -5.91. The third-order valence-electron chi connectivity index (χ3n) is 9.15. The summed E-state index contributed by atoms with van der Waals surface area (Å²) >= 11 is 0. The van der Waals surface area contributed by atoms with Crippen LogP contribution >= 0.6 is 0 Å². The third-order valence-corrected chi connectivity index (χ3v) is 9.15. The van der Waals surface area contributed by atoms with Crippen molar-refractivity contribution >= 4 is 18.4 Å². The Bertz CT molecular complexity index is 1850. The molecule has 0 aliphatic heterocycles. The summed E-state index contributed by atoms with van der Waals surface area (Å²) in [6, 6.07) is 7.74. The van der Waals surface area contributed by atoms with Gasteiger partial charge in [0.05, 0.1) is 14.2 Å². The number of methoxy groups -OCH3 is 2. The van der Waals surface area contributed by atoms with Crippen LogP contribution in [0.25, 0.3) is 0 Å². The summed E-state index contributed by atoms with van der Waals surface area (Å²) in [7, 11) is 2.71. The topological polar surface area (TPSA) is 211 Å². The number of phenols is 7. The summed E-state index contributed by atoms with van der Waals surface area (Å²) in [6.45, 7) is 3.08. The van der Waals surface area contributed by atoms with Crippen LogP contribution in [0.15, 0.2) is 30.3 Å². The molecule has 0 bridgehead atoms. The van der Waals surface area contributed by atoms with Crippen LogP contribution in [0.1, 0.15) is 86.1 Å². The first-order chi connectivity index (χ1) is 24.4. The lowest BCUT2D eigenvalue weighted by Crippen LogP contribution is -2.09. The SMILES string of the molecule is COc1c(C)c(O)c(Cc2c(O)c(Cc3c(O)c(C)c(OC)c(CCCC=O)c3O)c(O)c(C(=O)c3ccccc3)c2O)c(O)c1CCCC=O. The van der Waals surface area contributed by atoms with Crippen molar-refractivity contribution in [1.29, 1.82) is 0 Å². The van der Waals surface area contributed by atoms with E-state index < -0.39 is 64.4 Å². The predicted molar refractivity (Wildman–Crippen MR) is 187 cm³/mol. The molecule has 0 saturated heterocycles. The Morgan fingerprint density at radius 3 is 1.31 bits per heavy atom. The molecule has 270 valence electrons. The zero-order chi connectivity index (χ0) is 37.6. The molecule has 12 nitrogen and oxygen atoms in total. The maximum atomic E-state index is 13.9. The molecule has 4 rings (SSSR count). The molecule has 0 aliphatic rings. The van der Waals surface area contributed by atoms with Gasteiger partial charge in [-0.2, -0.15) is 0 Å². The number of aldehydes is 2. The number of hydrogen-bond donors (Lipinski definition) is 7. The summed E-state index contributed by atoms with van der Waals surface area (Å²) < 4.78 is 10.9. The van der Waals surface area contributed by atoms with E-state index in [0.29, 0.717) is 12.8 Å². The molecule has 0 atom stereocenters. The fraction of sp³-hybridized carbons (Fsp3) is 0.308. The van der Waals surface area contributed by atoms with Gasteiger partial charge in [-0.15, -0.1) is 0 Å². The number of ether oxygens (including phenoxy) is 2. The Kier molecular flexibility index (Phi) is 12.0. The molecular weight excluding hydrogens is 660 g/mol. The van der Waals surface area contributed by atoms with Gasteiger partial charge in [-0.05, 0) is 39.5 Å². The van der Waals surface area contributed by atoms with Crippen LogP contribution in [0.3, 0.4) is 0 Å². The number of aromatic hydroxyl groups is 7. The van der Waals surface area contributed by atoms with E-state index in [1.807, 2.05) is 0 Å². The monoisotopic (exact) mass is 702 g/mol. The van der Waals surface area contributed by atoms with E-state index >= 15 is 0 Å². The Morgan fingerprint density at radius 1 is 0.569 bits per heavy atom. The lowest BCUT2D eigenvalue weighted by atomic mass is 9.87. The molecule has 12 heteroatoms. The van der Waals surface area contributed by atoms with Gasteiger partial charge in [0.15, 0.2) is 0 Å². The minimum absolute atomic E-state index is 0.0811. The molecule has 0 aromatic heterocycles. The van der Waals surface area contributed by atoms with E-state index in [9.17, 15) is 50.1 Å². The van der Waals surface area contributed by atoms with Crippen molar-refractivity contribution in [2.24, 2.45) is 0 Å². The minimum Gasteiger partial charge on any atom is -0.507 e. The summed E-state index contributed by atoms with van der Waals surface area (Å²) in [4.78, 5) is 35.9. The second kappa shape index (κ2) is 16.2. The molecule has 0 unspecified atom stereocenters. The number of carbonyl (C=O) groups is 3. The van der Waals surface area contributed by atoms with Gasteiger partial charge in [-0.1, -0.05) is 30.3 Å². The summed E-state index contributed by atoms with van der Waals surface area (Å²) in [5.74, 6) is -4.54. The summed E-state index contributed by atoms with van der Waals surface area (Å²) in [6.07, 6.45) is 1.78. The van der Waals surface area contributed by atoms with Crippen LogP contribution in [0, 0.1) is 13.8 Å². The van der Waals surface area contributed by atoms with Crippen molar-refractivity contribution < 1.29 is 59.6 Å². The van der Waals surface area contributed by atoms with Crippen molar-refractivity contribution in [2.45, 2.75) is 65.2 Å².